The van der Waals surface area contributed by atoms with Crippen LogP contribution in [0.5, 0.6) is 0 Å². The number of hydrogen-bond acceptors (Lipinski definition) is 0. The predicted molar refractivity (Wildman–Crippen MR) is 111 cm³/mol. The molecular formula is C26H23F5. The Kier molecular flexibility index (Phi) is 7.39. The molecule has 1 fully saturated rings. The van der Waals surface area contributed by atoms with Crippen molar-refractivity contribution in [1.82, 2.24) is 0 Å². The topological polar surface area (TPSA) is 0 Å². The quantitative estimate of drug-likeness (QED) is 0.353. The van der Waals surface area contributed by atoms with Gasteiger partial charge in [-0.1, -0.05) is 49.7 Å². The molecule has 3 rings (SSSR count). The molecule has 1 aliphatic carbocycles. The second kappa shape index (κ2) is 10.0. The van der Waals surface area contributed by atoms with E-state index < -0.39 is 23.4 Å². The van der Waals surface area contributed by atoms with Crippen molar-refractivity contribution in [3.8, 4) is 23.7 Å². The summed E-state index contributed by atoms with van der Waals surface area (Å²) < 4.78 is 64.4. The van der Waals surface area contributed by atoms with Gasteiger partial charge in [-0.05, 0) is 67.3 Å². The molecule has 5 heteroatoms. The van der Waals surface area contributed by atoms with E-state index in [2.05, 4.69) is 18.8 Å². The molecule has 0 amide bonds. The Bertz CT molecular complexity index is 995. The Balaban J connectivity index is 1.69. The van der Waals surface area contributed by atoms with Crippen molar-refractivity contribution in [1.29, 1.82) is 0 Å². The second-order valence-corrected chi connectivity index (χ2v) is 7.94. The lowest BCUT2D eigenvalue weighted by Gasteiger charge is -2.28. The van der Waals surface area contributed by atoms with Gasteiger partial charge in [-0.25, -0.2) is 8.78 Å². The summed E-state index contributed by atoms with van der Waals surface area (Å²) in [5.74, 6) is 6.94. The minimum atomic E-state index is -4.82. The van der Waals surface area contributed by atoms with Gasteiger partial charge in [0.2, 0.25) is 0 Å². The van der Waals surface area contributed by atoms with Crippen LogP contribution in [0, 0.1) is 41.2 Å². The fourth-order valence-corrected chi connectivity index (χ4v) is 4.07. The van der Waals surface area contributed by atoms with E-state index in [1.807, 2.05) is 24.3 Å². The average Bonchev–Trinajstić information content (AvgIpc) is 2.72. The van der Waals surface area contributed by atoms with Crippen LogP contribution in [0.1, 0.15) is 73.6 Å². The van der Waals surface area contributed by atoms with E-state index in [-0.39, 0.29) is 5.56 Å². The van der Waals surface area contributed by atoms with Crippen LogP contribution in [0.2, 0.25) is 0 Å². The number of rotatable bonds is 3. The van der Waals surface area contributed by atoms with Crippen LogP contribution in [0.4, 0.5) is 22.0 Å². The molecule has 162 valence electrons. The molecule has 0 aromatic heterocycles. The third-order valence-electron chi connectivity index (χ3n) is 5.65. The molecule has 2 aromatic carbocycles. The molecule has 2 aromatic rings. The fraction of sp³-hybridized carbons (Fsp3) is 0.385. The van der Waals surface area contributed by atoms with Gasteiger partial charge < -0.3 is 0 Å². The van der Waals surface area contributed by atoms with E-state index in [9.17, 15) is 22.0 Å². The lowest BCUT2D eigenvalue weighted by atomic mass is 9.77. The molecule has 31 heavy (non-hydrogen) atoms. The van der Waals surface area contributed by atoms with Gasteiger partial charge in [0.25, 0.3) is 0 Å². The largest absolute Gasteiger partial charge is 0.458 e. The summed E-state index contributed by atoms with van der Waals surface area (Å²) in [6.07, 6.45) is 2.63. The van der Waals surface area contributed by atoms with E-state index >= 15 is 0 Å². The summed E-state index contributed by atoms with van der Waals surface area (Å²) in [6, 6.07) is 9.64. The molecule has 0 spiro atoms. The predicted octanol–water partition coefficient (Wildman–Crippen LogP) is 7.35. The third kappa shape index (κ3) is 6.59. The Morgan fingerprint density at radius 1 is 0.839 bits per heavy atom. The monoisotopic (exact) mass is 430 g/mol. The van der Waals surface area contributed by atoms with Crippen molar-refractivity contribution in [2.45, 2.75) is 57.5 Å². The molecule has 0 saturated heterocycles. The first-order valence-electron chi connectivity index (χ1n) is 10.5. The third-order valence-corrected chi connectivity index (χ3v) is 5.65. The number of benzene rings is 2. The smallest absolute Gasteiger partial charge is 0.205 e. The summed E-state index contributed by atoms with van der Waals surface area (Å²) in [7, 11) is 0. The lowest BCUT2D eigenvalue weighted by Crippen LogP contribution is -2.13. The van der Waals surface area contributed by atoms with Gasteiger partial charge in [0.05, 0.1) is 5.56 Å². The van der Waals surface area contributed by atoms with Crippen LogP contribution in [0.3, 0.4) is 0 Å². The van der Waals surface area contributed by atoms with Crippen molar-refractivity contribution in [2.75, 3.05) is 0 Å². The fourth-order valence-electron chi connectivity index (χ4n) is 4.07. The van der Waals surface area contributed by atoms with Gasteiger partial charge >= 0.3 is 6.18 Å². The maximum Gasteiger partial charge on any atom is 0.458 e. The molecule has 0 radical (unpaired) electrons. The minimum Gasteiger partial charge on any atom is -0.205 e. The van der Waals surface area contributed by atoms with Gasteiger partial charge in [-0.3, -0.25) is 0 Å². The summed E-state index contributed by atoms with van der Waals surface area (Å²) in [6.45, 7) is 2.23. The summed E-state index contributed by atoms with van der Waals surface area (Å²) in [4.78, 5) is 0. The highest BCUT2D eigenvalue weighted by atomic mass is 19.4. The summed E-state index contributed by atoms with van der Waals surface area (Å²) in [5, 5.41) is 0. The number of hydrogen-bond donors (Lipinski definition) is 0. The van der Waals surface area contributed by atoms with Crippen LogP contribution < -0.4 is 0 Å². The van der Waals surface area contributed by atoms with Gasteiger partial charge in [-0.15, -0.1) is 0 Å². The molecule has 0 atom stereocenters. The molecular weight excluding hydrogens is 407 g/mol. The van der Waals surface area contributed by atoms with Crippen molar-refractivity contribution >= 4 is 0 Å². The maximum atomic E-state index is 14.0. The highest BCUT2D eigenvalue weighted by molar-refractivity contribution is 5.48. The molecule has 0 aliphatic heterocycles. The zero-order valence-corrected chi connectivity index (χ0v) is 17.3. The zero-order chi connectivity index (χ0) is 22.4. The Morgan fingerprint density at radius 3 is 1.97 bits per heavy atom. The molecule has 0 bridgehead atoms. The lowest BCUT2D eigenvalue weighted by molar-refractivity contribution is -0.0696. The van der Waals surface area contributed by atoms with E-state index in [1.54, 1.807) is 0 Å². The van der Waals surface area contributed by atoms with Crippen LogP contribution in [0.25, 0.3) is 0 Å². The normalized spacial score (nSPS) is 18.5. The molecule has 0 nitrogen and oxygen atoms in total. The molecule has 0 unspecified atom stereocenters. The Morgan fingerprint density at radius 2 is 1.42 bits per heavy atom. The van der Waals surface area contributed by atoms with E-state index in [0.29, 0.717) is 11.5 Å². The van der Waals surface area contributed by atoms with Crippen molar-refractivity contribution in [3.05, 3.63) is 70.3 Å². The Hall–Kier alpha value is -2.79. The minimum absolute atomic E-state index is 0.0332. The first kappa shape index (κ1) is 22.9. The Labute approximate surface area is 179 Å². The van der Waals surface area contributed by atoms with Crippen LogP contribution in [0.15, 0.2) is 36.4 Å². The zero-order valence-electron chi connectivity index (χ0n) is 17.3. The van der Waals surface area contributed by atoms with Crippen LogP contribution in [-0.2, 0) is 0 Å². The first-order valence-corrected chi connectivity index (χ1v) is 10.5. The molecule has 1 saturated carbocycles. The van der Waals surface area contributed by atoms with Crippen LogP contribution >= 0.6 is 0 Å². The SMILES string of the molecule is CCCC1CCC(c2ccc(C#Cc3cc(F)c(C#CC(F)(F)F)c(F)c3)cc2)CC1. The highest BCUT2D eigenvalue weighted by Crippen LogP contribution is 2.37. The van der Waals surface area contributed by atoms with Gasteiger partial charge in [-0.2, -0.15) is 13.2 Å². The van der Waals surface area contributed by atoms with Gasteiger partial charge in [0.1, 0.15) is 11.6 Å². The number of halogens is 5. The van der Waals surface area contributed by atoms with E-state index in [1.165, 1.54) is 50.0 Å². The number of alkyl halides is 3. The van der Waals surface area contributed by atoms with Gasteiger partial charge in [0, 0.05) is 17.0 Å². The van der Waals surface area contributed by atoms with Crippen molar-refractivity contribution < 1.29 is 22.0 Å². The van der Waals surface area contributed by atoms with E-state index in [4.69, 9.17) is 0 Å². The molecule has 0 N–H and O–H groups in total. The van der Waals surface area contributed by atoms with Gasteiger partial charge in [0.15, 0.2) is 0 Å². The first-order chi connectivity index (χ1) is 14.7. The van der Waals surface area contributed by atoms with Crippen molar-refractivity contribution in [3.63, 3.8) is 0 Å². The van der Waals surface area contributed by atoms with Crippen LogP contribution in [-0.4, -0.2) is 6.18 Å². The highest BCUT2D eigenvalue weighted by Gasteiger charge is 2.24. The average molecular weight is 430 g/mol. The van der Waals surface area contributed by atoms with Crippen molar-refractivity contribution in [2.24, 2.45) is 5.92 Å². The molecule has 1 aliphatic rings. The second-order valence-electron chi connectivity index (χ2n) is 7.94. The maximum absolute atomic E-state index is 14.0. The van der Waals surface area contributed by atoms with E-state index in [0.717, 1.165) is 24.0 Å². The molecule has 0 heterocycles. The standard InChI is InChI=1S/C26H23F5/c1-2-3-18-6-10-21(11-7-18)22-12-8-19(9-13-22)4-5-20-16-24(27)23(25(28)17-20)14-15-26(29,30)31/h8-9,12-13,16-18,21H,2-3,6-7,10-11H2,1H3. The summed E-state index contributed by atoms with van der Waals surface area (Å²) in [5.41, 5.74) is 1.10. The summed E-state index contributed by atoms with van der Waals surface area (Å²) >= 11 is 0.